The number of carbonyl (C=O) groups excluding carboxylic acids is 1. The number of ketones is 1. The maximum atomic E-state index is 11.9. The molecule has 0 aliphatic carbocycles. The minimum Gasteiger partial charge on any atom is -0.287 e. The van der Waals surface area contributed by atoms with Gasteiger partial charge in [-0.2, -0.15) is 0 Å². The summed E-state index contributed by atoms with van der Waals surface area (Å²) in [4.78, 5) is 15.9. The smallest absolute Gasteiger partial charge is 0.211 e. The summed E-state index contributed by atoms with van der Waals surface area (Å²) in [5, 5.41) is 0.585. The Morgan fingerprint density at radius 1 is 1.12 bits per heavy atom. The molecule has 0 radical (unpaired) electrons. The topological polar surface area (TPSA) is 47.0 Å². The molecule has 1 aromatic heterocycles. The molecule has 0 fully saturated rings. The Kier molecular flexibility index (Phi) is 3.18. The van der Waals surface area contributed by atoms with Gasteiger partial charge < -0.3 is 0 Å². The maximum Gasteiger partial charge on any atom is 0.211 e. The van der Waals surface area contributed by atoms with Crippen LogP contribution in [-0.2, 0) is 4.57 Å². The second kappa shape index (κ2) is 4.77. The van der Waals surface area contributed by atoms with Gasteiger partial charge in [-0.25, -0.2) is 0 Å². The van der Waals surface area contributed by atoms with E-state index in [1.807, 2.05) is 0 Å². The van der Waals surface area contributed by atoms with Crippen molar-refractivity contribution in [3.63, 3.8) is 0 Å². The van der Waals surface area contributed by atoms with Crippen LogP contribution in [-0.4, -0.2) is 10.8 Å². The van der Waals surface area contributed by atoms with Gasteiger partial charge in [0.25, 0.3) is 0 Å². The number of aromatic nitrogens is 1. The summed E-state index contributed by atoms with van der Waals surface area (Å²) in [5.74, 6) is -0.161. The van der Waals surface area contributed by atoms with Gasteiger partial charge in [0.05, 0.1) is 0 Å². The molecule has 1 heterocycles. The van der Waals surface area contributed by atoms with E-state index in [0.29, 0.717) is 16.6 Å². The van der Waals surface area contributed by atoms with E-state index in [0.717, 1.165) is 0 Å². The fourth-order valence-corrected chi connectivity index (χ4v) is 1.69. The van der Waals surface area contributed by atoms with Crippen LogP contribution in [0.25, 0.3) is 0 Å². The number of pyridine rings is 1. The van der Waals surface area contributed by atoms with Crippen LogP contribution < -0.4 is 5.30 Å². The van der Waals surface area contributed by atoms with Crippen LogP contribution in [0.2, 0.25) is 0 Å². The van der Waals surface area contributed by atoms with Crippen molar-refractivity contribution in [2.24, 2.45) is 0 Å². The molecular weight excluding hydrogens is 221 g/mol. The molecule has 0 saturated carbocycles. The third kappa shape index (κ3) is 2.20. The molecule has 0 bridgehead atoms. The van der Waals surface area contributed by atoms with Crippen LogP contribution in [0.1, 0.15) is 16.1 Å². The molecule has 78 valence electrons. The van der Waals surface area contributed by atoms with Crippen molar-refractivity contribution in [2.45, 2.75) is 0 Å². The van der Waals surface area contributed by atoms with E-state index < -0.39 is 0 Å². The number of rotatable bonds is 3. The summed E-state index contributed by atoms with van der Waals surface area (Å²) >= 11 is 0. The monoisotopic (exact) mass is 229 g/mol. The number of carbonyl (C=O) groups is 1. The lowest BCUT2D eigenvalue weighted by Gasteiger charge is -1.99. The van der Waals surface area contributed by atoms with Gasteiger partial charge >= 0.3 is 0 Å². The zero-order valence-electron chi connectivity index (χ0n) is 8.33. The standard InChI is InChI=1S/C12H8NO2P/c14-12(11-6-1-2-7-13-11)9-4-3-5-10(8-9)16-15/h1-8H. The van der Waals surface area contributed by atoms with E-state index in [4.69, 9.17) is 0 Å². The van der Waals surface area contributed by atoms with E-state index in [2.05, 4.69) is 4.98 Å². The summed E-state index contributed by atoms with van der Waals surface area (Å²) < 4.78 is 10.7. The molecule has 0 aliphatic heterocycles. The van der Waals surface area contributed by atoms with Crippen molar-refractivity contribution >= 4 is 19.5 Å². The average molecular weight is 229 g/mol. The zero-order valence-corrected chi connectivity index (χ0v) is 9.22. The predicted octanol–water partition coefficient (Wildman–Crippen LogP) is 2.23. The first-order chi connectivity index (χ1) is 7.81. The quantitative estimate of drug-likeness (QED) is 0.599. The minimum absolute atomic E-state index is 0.0864. The van der Waals surface area contributed by atoms with Crippen LogP contribution in [0.5, 0.6) is 0 Å². The number of hydrogen-bond donors (Lipinski definition) is 0. The van der Waals surface area contributed by atoms with E-state index >= 15 is 0 Å². The predicted molar refractivity (Wildman–Crippen MR) is 61.4 cm³/mol. The summed E-state index contributed by atoms with van der Waals surface area (Å²) in [7, 11) is -0.0864. The van der Waals surface area contributed by atoms with Crippen LogP contribution in [0.4, 0.5) is 0 Å². The van der Waals surface area contributed by atoms with Crippen molar-refractivity contribution in [1.29, 1.82) is 0 Å². The van der Waals surface area contributed by atoms with E-state index in [-0.39, 0.29) is 14.2 Å². The molecule has 0 N–H and O–H groups in total. The van der Waals surface area contributed by atoms with Crippen LogP contribution in [0, 0.1) is 0 Å². The van der Waals surface area contributed by atoms with Crippen LogP contribution in [0.3, 0.4) is 0 Å². The second-order valence-electron chi connectivity index (χ2n) is 3.19. The molecular formula is C12H8NO2P. The van der Waals surface area contributed by atoms with Gasteiger partial charge in [-0.05, 0) is 24.3 Å². The number of hydrogen-bond acceptors (Lipinski definition) is 3. The first-order valence-electron chi connectivity index (χ1n) is 4.70. The highest BCUT2D eigenvalue weighted by atomic mass is 31.1. The fraction of sp³-hybridized carbons (Fsp3) is 0. The summed E-state index contributed by atoms with van der Waals surface area (Å²) in [6.07, 6.45) is 1.57. The van der Waals surface area contributed by atoms with Gasteiger partial charge in [-0.15, -0.1) is 0 Å². The van der Waals surface area contributed by atoms with Gasteiger partial charge in [0.1, 0.15) is 5.69 Å². The lowest BCUT2D eigenvalue weighted by Crippen LogP contribution is -2.06. The molecule has 2 aromatic rings. The lowest BCUT2D eigenvalue weighted by atomic mass is 10.1. The highest BCUT2D eigenvalue weighted by Gasteiger charge is 2.09. The van der Waals surface area contributed by atoms with Crippen molar-refractivity contribution in [3.8, 4) is 0 Å². The van der Waals surface area contributed by atoms with E-state index in [1.165, 1.54) is 0 Å². The average Bonchev–Trinajstić information content (AvgIpc) is 2.39. The van der Waals surface area contributed by atoms with Gasteiger partial charge in [-0.1, -0.05) is 18.2 Å². The normalized spacial score (nSPS) is 10.2. The Morgan fingerprint density at radius 3 is 2.69 bits per heavy atom. The van der Waals surface area contributed by atoms with Gasteiger partial charge in [0.2, 0.25) is 5.78 Å². The summed E-state index contributed by atoms with van der Waals surface area (Å²) in [6, 6.07) is 11.9. The minimum atomic E-state index is -0.161. The molecule has 4 heteroatoms. The molecule has 0 amide bonds. The van der Waals surface area contributed by atoms with Crippen molar-refractivity contribution < 1.29 is 9.36 Å². The first-order valence-corrected chi connectivity index (χ1v) is 5.51. The van der Waals surface area contributed by atoms with Gasteiger partial charge in [-0.3, -0.25) is 14.3 Å². The van der Waals surface area contributed by atoms with Crippen LogP contribution in [0.15, 0.2) is 48.7 Å². The third-order valence-electron chi connectivity index (χ3n) is 2.11. The molecule has 0 spiro atoms. The Hall–Kier alpha value is -1.86. The maximum absolute atomic E-state index is 11.9. The van der Waals surface area contributed by atoms with E-state index in [1.54, 1.807) is 48.7 Å². The van der Waals surface area contributed by atoms with Crippen molar-refractivity contribution in [2.75, 3.05) is 0 Å². The molecule has 0 atom stereocenters. The van der Waals surface area contributed by atoms with Gasteiger partial charge in [0.15, 0.2) is 8.46 Å². The molecule has 0 aliphatic rings. The Balaban J connectivity index is 2.38. The first kappa shape index (κ1) is 10.7. The van der Waals surface area contributed by atoms with Crippen molar-refractivity contribution in [1.82, 2.24) is 4.98 Å². The fourth-order valence-electron chi connectivity index (χ4n) is 1.35. The largest absolute Gasteiger partial charge is 0.287 e. The van der Waals surface area contributed by atoms with Gasteiger partial charge in [0, 0.05) is 17.1 Å². The number of benzene rings is 1. The second-order valence-corrected chi connectivity index (χ2v) is 3.88. The Bertz CT molecular complexity index is 526. The highest BCUT2D eigenvalue weighted by Crippen LogP contribution is 2.07. The highest BCUT2D eigenvalue weighted by molar-refractivity contribution is 7.34. The molecule has 2 rings (SSSR count). The lowest BCUT2D eigenvalue weighted by molar-refractivity contribution is 0.103. The number of nitrogens with zero attached hydrogens (tertiary/aromatic N) is 1. The summed E-state index contributed by atoms with van der Waals surface area (Å²) in [6.45, 7) is 0. The Morgan fingerprint density at radius 2 is 2.00 bits per heavy atom. The van der Waals surface area contributed by atoms with E-state index in [9.17, 15) is 9.36 Å². The molecule has 0 saturated heterocycles. The molecule has 0 unspecified atom stereocenters. The zero-order chi connectivity index (χ0) is 11.4. The molecule has 16 heavy (non-hydrogen) atoms. The summed E-state index contributed by atoms with van der Waals surface area (Å²) in [5.41, 5.74) is 0.891. The molecule has 1 aromatic carbocycles. The third-order valence-corrected chi connectivity index (χ3v) is 2.60. The van der Waals surface area contributed by atoms with Crippen LogP contribution >= 0.6 is 8.46 Å². The SMILES string of the molecule is O=Pc1cccc(C(=O)c2ccccn2)c1. The molecule has 3 nitrogen and oxygen atoms in total. The van der Waals surface area contributed by atoms with Crippen molar-refractivity contribution in [3.05, 3.63) is 59.9 Å². The Labute approximate surface area is 94.4 Å².